The Kier molecular flexibility index (Phi) is 3.97. The monoisotopic (exact) mass is 303 g/mol. The van der Waals surface area contributed by atoms with Crippen molar-refractivity contribution in [3.63, 3.8) is 0 Å². The minimum Gasteiger partial charge on any atom is -0.353 e. The average Bonchev–Trinajstić information content (AvgIpc) is 2.93. The van der Waals surface area contributed by atoms with Gasteiger partial charge in [0.25, 0.3) is 5.91 Å². The molecule has 21 heavy (non-hydrogen) atoms. The first-order valence-electron chi connectivity index (χ1n) is 7.20. The SMILES string of the molecule is Cn1cccc1C1CCCCN1C(=O)c1ccc(Cl)cn1. The Hall–Kier alpha value is -1.81. The molecule has 0 N–H and O–H groups in total. The number of likely N-dealkylation sites (tertiary alicyclic amines) is 1. The first-order valence-corrected chi connectivity index (χ1v) is 7.58. The van der Waals surface area contributed by atoms with Crippen molar-refractivity contribution in [3.8, 4) is 0 Å². The van der Waals surface area contributed by atoms with Crippen LogP contribution in [0.15, 0.2) is 36.7 Å². The van der Waals surface area contributed by atoms with E-state index >= 15 is 0 Å². The molecule has 1 unspecified atom stereocenters. The molecule has 1 aliphatic rings. The van der Waals surface area contributed by atoms with Gasteiger partial charge in [0.1, 0.15) is 5.69 Å². The molecular weight excluding hydrogens is 286 g/mol. The summed E-state index contributed by atoms with van der Waals surface area (Å²) in [6.45, 7) is 0.777. The van der Waals surface area contributed by atoms with E-state index in [0.717, 1.165) is 25.8 Å². The highest BCUT2D eigenvalue weighted by Crippen LogP contribution is 2.31. The van der Waals surface area contributed by atoms with E-state index in [1.807, 2.05) is 24.2 Å². The molecule has 0 aromatic carbocycles. The Morgan fingerprint density at radius 3 is 2.86 bits per heavy atom. The second kappa shape index (κ2) is 5.90. The minimum absolute atomic E-state index is 0.0161. The van der Waals surface area contributed by atoms with Crippen molar-refractivity contribution in [1.82, 2.24) is 14.5 Å². The highest BCUT2D eigenvalue weighted by Gasteiger charge is 2.30. The van der Waals surface area contributed by atoms with E-state index in [9.17, 15) is 4.79 Å². The van der Waals surface area contributed by atoms with Gasteiger partial charge in [0, 0.05) is 31.7 Å². The Morgan fingerprint density at radius 1 is 1.33 bits per heavy atom. The largest absolute Gasteiger partial charge is 0.353 e. The zero-order chi connectivity index (χ0) is 14.8. The predicted octanol–water partition coefficient (Wildman–Crippen LogP) is 3.44. The molecule has 3 rings (SSSR count). The summed E-state index contributed by atoms with van der Waals surface area (Å²) in [4.78, 5) is 18.8. The van der Waals surface area contributed by atoms with Gasteiger partial charge < -0.3 is 9.47 Å². The molecule has 0 saturated carbocycles. The number of aryl methyl sites for hydroxylation is 1. The van der Waals surface area contributed by atoms with Gasteiger partial charge in [-0.15, -0.1) is 0 Å². The lowest BCUT2D eigenvalue weighted by atomic mass is 9.98. The summed E-state index contributed by atoms with van der Waals surface area (Å²) in [7, 11) is 2.02. The van der Waals surface area contributed by atoms with Crippen LogP contribution in [0.2, 0.25) is 5.02 Å². The lowest BCUT2D eigenvalue weighted by Crippen LogP contribution is -2.39. The number of rotatable bonds is 2. The smallest absolute Gasteiger partial charge is 0.273 e. The number of carbonyl (C=O) groups excluding carboxylic acids is 1. The number of amides is 1. The van der Waals surface area contributed by atoms with Crippen LogP contribution >= 0.6 is 11.6 Å². The van der Waals surface area contributed by atoms with Crippen LogP contribution in [0.4, 0.5) is 0 Å². The summed E-state index contributed by atoms with van der Waals surface area (Å²) in [6, 6.07) is 7.65. The third kappa shape index (κ3) is 2.81. The van der Waals surface area contributed by atoms with Crippen molar-refractivity contribution in [2.24, 2.45) is 7.05 Å². The molecule has 4 nitrogen and oxygen atoms in total. The summed E-state index contributed by atoms with van der Waals surface area (Å²) in [5, 5.41) is 0.546. The number of aromatic nitrogens is 2. The zero-order valence-electron chi connectivity index (χ0n) is 12.0. The van der Waals surface area contributed by atoms with E-state index in [1.165, 1.54) is 11.9 Å². The third-order valence-corrected chi connectivity index (χ3v) is 4.26. The van der Waals surface area contributed by atoms with Gasteiger partial charge in [0.2, 0.25) is 0 Å². The number of hydrogen-bond acceptors (Lipinski definition) is 2. The number of hydrogen-bond donors (Lipinski definition) is 0. The molecule has 2 aromatic rings. The molecular formula is C16H18ClN3O. The lowest BCUT2D eigenvalue weighted by Gasteiger charge is -2.36. The highest BCUT2D eigenvalue weighted by atomic mass is 35.5. The Labute approximate surface area is 129 Å². The van der Waals surface area contributed by atoms with Gasteiger partial charge in [-0.05, 0) is 43.5 Å². The number of halogens is 1. The second-order valence-corrected chi connectivity index (χ2v) is 5.85. The molecule has 110 valence electrons. The summed E-state index contributed by atoms with van der Waals surface area (Å²) >= 11 is 5.84. The number of nitrogens with zero attached hydrogens (tertiary/aromatic N) is 3. The van der Waals surface area contributed by atoms with Crippen molar-refractivity contribution < 1.29 is 4.79 Å². The molecule has 1 fully saturated rings. The fraction of sp³-hybridized carbons (Fsp3) is 0.375. The van der Waals surface area contributed by atoms with E-state index in [2.05, 4.69) is 15.6 Å². The summed E-state index contributed by atoms with van der Waals surface area (Å²) in [5.41, 5.74) is 1.64. The molecule has 2 aromatic heterocycles. The maximum absolute atomic E-state index is 12.7. The maximum atomic E-state index is 12.7. The van der Waals surface area contributed by atoms with E-state index in [1.54, 1.807) is 12.1 Å². The van der Waals surface area contributed by atoms with Gasteiger partial charge in [0.15, 0.2) is 0 Å². The number of pyridine rings is 1. The van der Waals surface area contributed by atoms with Crippen LogP contribution < -0.4 is 0 Å². The predicted molar refractivity (Wildman–Crippen MR) is 82.3 cm³/mol. The van der Waals surface area contributed by atoms with Crippen molar-refractivity contribution in [2.45, 2.75) is 25.3 Å². The molecule has 1 atom stereocenters. The van der Waals surface area contributed by atoms with Crippen molar-refractivity contribution in [1.29, 1.82) is 0 Å². The Balaban J connectivity index is 1.89. The summed E-state index contributed by atoms with van der Waals surface area (Å²) in [6.07, 6.45) is 6.73. The summed E-state index contributed by atoms with van der Waals surface area (Å²) in [5.74, 6) is -0.0161. The lowest BCUT2D eigenvalue weighted by molar-refractivity contribution is 0.0596. The van der Waals surface area contributed by atoms with Crippen LogP contribution in [0.5, 0.6) is 0 Å². The maximum Gasteiger partial charge on any atom is 0.273 e. The van der Waals surface area contributed by atoms with E-state index in [-0.39, 0.29) is 11.9 Å². The van der Waals surface area contributed by atoms with Crippen LogP contribution in [0.3, 0.4) is 0 Å². The topological polar surface area (TPSA) is 38.1 Å². The Morgan fingerprint density at radius 2 is 2.19 bits per heavy atom. The second-order valence-electron chi connectivity index (χ2n) is 5.42. The molecule has 3 heterocycles. The first-order chi connectivity index (χ1) is 10.2. The standard InChI is InChI=1S/C16H18ClN3O/c1-19-9-4-6-14(19)15-5-2-3-10-20(15)16(21)13-8-7-12(17)11-18-13/h4,6-9,11,15H,2-3,5,10H2,1H3. The van der Waals surface area contributed by atoms with Crippen LogP contribution in [-0.2, 0) is 7.05 Å². The molecule has 0 aliphatic carbocycles. The quantitative estimate of drug-likeness (QED) is 0.852. The van der Waals surface area contributed by atoms with Gasteiger partial charge >= 0.3 is 0 Å². The highest BCUT2D eigenvalue weighted by molar-refractivity contribution is 6.30. The van der Waals surface area contributed by atoms with Crippen LogP contribution in [0.1, 0.15) is 41.5 Å². The molecule has 5 heteroatoms. The average molecular weight is 304 g/mol. The van der Waals surface area contributed by atoms with Crippen LogP contribution in [0, 0.1) is 0 Å². The van der Waals surface area contributed by atoms with Gasteiger partial charge in [0.05, 0.1) is 11.1 Å². The molecule has 0 bridgehead atoms. The number of piperidine rings is 1. The zero-order valence-corrected chi connectivity index (χ0v) is 12.8. The first kappa shape index (κ1) is 14.1. The fourth-order valence-electron chi connectivity index (χ4n) is 2.95. The minimum atomic E-state index is -0.0161. The van der Waals surface area contributed by atoms with Gasteiger partial charge in [-0.3, -0.25) is 4.79 Å². The van der Waals surface area contributed by atoms with E-state index < -0.39 is 0 Å². The molecule has 1 amide bonds. The molecule has 0 radical (unpaired) electrons. The molecule has 0 spiro atoms. The van der Waals surface area contributed by atoms with E-state index in [4.69, 9.17) is 11.6 Å². The van der Waals surface area contributed by atoms with Crippen molar-refractivity contribution in [3.05, 3.63) is 53.1 Å². The van der Waals surface area contributed by atoms with Gasteiger partial charge in [-0.1, -0.05) is 11.6 Å². The van der Waals surface area contributed by atoms with Crippen molar-refractivity contribution in [2.75, 3.05) is 6.54 Å². The number of carbonyl (C=O) groups is 1. The Bertz CT molecular complexity index is 635. The molecule has 1 saturated heterocycles. The molecule has 1 aliphatic heterocycles. The van der Waals surface area contributed by atoms with Crippen LogP contribution in [0.25, 0.3) is 0 Å². The summed E-state index contributed by atoms with van der Waals surface area (Å²) < 4.78 is 2.09. The normalized spacial score (nSPS) is 18.8. The van der Waals surface area contributed by atoms with E-state index in [0.29, 0.717) is 10.7 Å². The van der Waals surface area contributed by atoms with Crippen LogP contribution in [-0.4, -0.2) is 26.9 Å². The van der Waals surface area contributed by atoms with Crippen molar-refractivity contribution >= 4 is 17.5 Å². The van der Waals surface area contributed by atoms with Gasteiger partial charge in [-0.2, -0.15) is 0 Å². The fourth-order valence-corrected chi connectivity index (χ4v) is 3.06. The third-order valence-electron chi connectivity index (χ3n) is 4.04. The van der Waals surface area contributed by atoms with Gasteiger partial charge in [-0.25, -0.2) is 4.98 Å².